The zero-order valence-electron chi connectivity index (χ0n) is 23.1. The van der Waals surface area contributed by atoms with E-state index in [4.69, 9.17) is 18.6 Å². The molecule has 220 valence electrons. The maximum atomic E-state index is 11.7. The highest BCUT2D eigenvalue weighted by Crippen LogP contribution is 2.61. The number of aliphatic hydroxyl groups excluding tert-OH is 5. The number of hydrogen-bond acceptors (Lipinski definition) is 10. The summed E-state index contributed by atoms with van der Waals surface area (Å²) >= 11 is 0. The first-order valence-electron chi connectivity index (χ1n) is 13.8. The minimum Gasteiger partial charge on any atom is -0.493 e. The Hall–Kier alpha value is -2.31. The lowest BCUT2D eigenvalue weighted by molar-refractivity contribution is -0.327. The summed E-state index contributed by atoms with van der Waals surface area (Å²) in [5, 5.41) is 52.6. The highest BCUT2D eigenvalue weighted by Gasteiger charge is 2.61. The standard InChI is InChI=1S/C30H40O10/c1-15-11-20(39-28-26(36)25(35)24(34)21(13-31)40-28)27-29(2,3)22(32)9-10-30(27,4)18(15)14-37-17-7-5-16-6-8-23(33)38-19(16)12-17/h5-8,12,18,20-22,24-28,31-32,34-36H,1,9-11,13-14H2,2-4H3/t18-,20-,21-,22+,24-,25+,26-,27?,28-,30+/m1/s1. The smallest absolute Gasteiger partial charge is 0.336 e. The van der Waals surface area contributed by atoms with Gasteiger partial charge in [0, 0.05) is 23.4 Å². The van der Waals surface area contributed by atoms with Crippen LogP contribution < -0.4 is 10.4 Å². The summed E-state index contributed by atoms with van der Waals surface area (Å²) in [4.78, 5) is 11.7. The first kappa shape index (κ1) is 29.2. The van der Waals surface area contributed by atoms with Gasteiger partial charge in [0.15, 0.2) is 6.29 Å². The first-order valence-corrected chi connectivity index (χ1v) is 13.8. The third kappa shape index (κ3) is 5.00. The maximum Gasteiger partial charge on any atom is 0.336 e. The maximum absolute atomic E-state index is 11.7. The summed E-state index contributed by atoms with van der Waals surface area (Å²) in [6.45, 7) is 10.3. The Morgan fingerprint density at radius 1 is 1.05 bits per heavy atom. The molecule has 2 aliphatic carbocycles. The quantitative estimate of drug-likeness (QED) is 0.260. The SMILES string of the molecule is C=C1C[C@@H](O[C@@H]2O[C@H](CO)[C@@H](O)[C@H](O)[C@H]2O)C2C(C)(C)[C@@H](O)CC[C@@]2(C)[C@@H]1COc1ccc2ccc(=O)oc2c1. The average Bonchev–Trinajstić information content (AvgIpc) is 2.90. The molecule has 2 aromatic rings. The van der Waals surface area contributed by atoms with Crippen LogP contribution >= 0.6 is 0 Å². The minimum absolute atomic E-state index is 0.0996. The van der Waals surface area contributed by atoms with Crippen LogP contribution in [0.25, 0.3) is 11.0 Å². The van der Waals surface area contributed by atoms with E-state index >= 15 is 0 Å². The number of ether oxygens (including phenoxy) is 3. The Labute approximate surface area is 232 Å². The third-order valence-corrected chi connectivity index (χ3v) is 9.62. The lowest BCUT2D eigenvalue weighted by Crippen LogP contribution is -2.64. The number of hydrogen-bond donors (Lipinski definition) is 5. The van der Waals surface area contributed by atoms with E-state index in [1.807, 2.05) is 26.0 Å². The van der Waals surface area contributed by atoms with E-state index in [2.05, 4.69) is 13.5 Å². The van der Waals surface area contributed by atoms with Crippen molar-refractivity contribution in [2.75, 3.05) is 13.2 Å². The fourth-order valence-electron chi connectivity index (χ4n) is 7.41. The van der Waals surface area contributed by atoms with Gasteiger partial charge < -0.3 is 44.2 Å². The second-order valence-electron chi connectivity index (χ2n) is 12.4. The Kier molecular flexibility index (Phi) is 7.90. The van der Waals surface area contributed by atoms with Crippen molar-refractivity contribution in [1.29, 1.82) is 0 Å². The van der Waals surface area contributed by atoms with E-state index < -0.39 is 66.0 Å². The molecular weight excluding hydrogens is 520 g/mol. The van der Waals surface area contributed by atoms with Gasteiger partial charge in [-0.05, 0) is 54.2 Å². The van der Waals surface area contributed by atoms with Crippen LogP contribution in [0.15, 0.2) is 51.7 Å². The molecule has 1 aromatic heterocycles. The zero-order chi connectivity index (χ0) is 29.0. The van der Waals surface area contributed by atoms with Gasteiger partial charge in [-0.15, -0.1) is 0 Å². The highest BCUT2D eigenvalue weighted by molar-refractivity contribution is 5.77. The third-order valence-electron chi connectivity index (χ3n) is 9.62. The van der Waals surface area contributed by atoms with Crippen molar-refractivity contribution < 1.29 is 44.2 Å². The van der Waals surface area contributed by atoms with Crippen molar-refractivity contribution in [3.63, 3.8) is 0 Å². The number of fused-ring (bicyclic) bond motifs is 2. The van der Waals surface area contributed by atoms with Crippen LogP contribution in [0, 0.1) is 22.7 Å². The van der Waals surface area contributed by atoms with Crippen molar-refractivity contribution >= 4 is 11.0 Å². The fourth-order valence-corrected chi connectivity index (χ4v) is 7.41. The van der Waals surface area contributed by atoms with Crippen LogP contribution in [-0.4, -0.2) is 81.7 Å². The van der Waals surface area contributed by atoms with Gasteiger partial charge in [0.1, 0.15) is 35.7 Å². The van der Waals surface area contributed by atoms with Crippen molar-refractivity contribution in [3.8, 4) is 5.75 Å². The topological polar surface area (TPSA) is 159 Å². The zero-order valence-corrected chi connectivity index (χ0v) is 23.1. The van der Waals surface area contributed by atoms with Crippen LogP contribution in [0.5, 0.6) is 5.75 Å². The van der Waals surface area contributed by atoms with Gasteiger partial charge in [-0.1, -0.05) is 32.9 Å². The number of rotatable bonds is 6. The summed E-state index contributed by atoms with van der Waals surface area (Å²) in [6, 6.07) is 8.43. The van der Waals surface area contributed by atoms with Gasteiger partial charge in [-0.3, -0.25) is 0 Å². The lowest BCUT2D eigenvalue weighted by atomic mass is 9.46. The van der Waals surface area contributed by atoms with E-state index in [1.165, 1.54) is 6.07 Å². The molecule has 1 aliphatic heterocycles. The average molecular weight is 561 g/mol. The molecule has 1 aromatic carbocycles. The van der Waals surface area contributed by atoms with Crippen molar-refractivity contribution in [1.82, 2.24) is 0 Å². The van der Waals surface area contributed by atoms with Gasteiger partial charge >= 0.3 is 5.63 Å². The number of benzene rings is 1. The van der Waals surface area contributed by atoms with E-state index in [9.17, 15) is 30.3 Å². The number of aliphatic hydroxyl groups is 5. The van der Waals surface area contributed by atoms with E-state index in [1.54, 1.807) is 12.1 Å². The molecule has 10 atom stereocenters. The van der Waals surface area contributed by atoms with E-state index in [0.717, 1.165) is 11.0 Å². The summed E-state index contributed by atoms with van der Waals surface area (Å²) in [6.07, 6.45) is -6.40. The molecule has 40 heavy (non-hydrogen) atoms. The van der Waals surface area contributed by atoms with Gasteiger partial charge in [0.05, 0.1) is 25.4 Å². The Balaban J connectivity index is 1.41. The molecule has 0 bridgehead atoms. The van der Waals surface area contributed by atoms with Crippen LogP contribution in [0.4, 0.5) is 0 Å². The molecule has 0 radical (unpaired) electrons. The lowest BCUT2D eigenvalue weighted by Gasteiger charge is -2.61. The minimum atomic E-state index is -1.55. The van der Waals surface area contributed by atoms with Crippen LogP contribution in [0.3, 0.4) is 0 Å². The predicted octanol–water partition coefficient (Wildman–Crippen LogP) is 1.74. The summed E-state index contributed by atoms with van der Waals surface area (Å²) in [5.41, 5.74) is -0.120. The second-order valence-corrected chi connectivity index (χ2v) is 12.4. The van der Waals surface area contributed by atoms with E-state index in [0.29, 0.717) is 37.2 Å². The molecular formula is C30H40O10. The van der Waals surface area contributed by atoms with Gasteiger partial charge in [0.25, 0.3) is 0 Å². The molecule has 3 fully saturated rings. The van der Waals surface area contributed by atoms with Gasteiger partial charge in [-0.25, -0.2) is 4.79 Å². The molecule has 2 saturated carbocycles. The summed E-state index contributed by atoms with van der Waals surface area (Å²) in [7, 11) is 0. The molecule has 5 N–H and O–H groups in total. The van der Waals surface area contributed by atoms with Gasteiger partial charge in [0.2, 0.25) is 0 Å². The van der Waals surface area contributed by atoms with Crippen molar-refractivity contribution in [2.24, 2.45) is 22.7 Å². The summed E-state index contributed by atoms with van der Waals surface area (Å²) in [5.74, 6) is 0.242. The first-order chi connectivity index (χ1) is 18.9. The highest BCUT2D eigenvalue weighted by atomic mass is 16.7. The van der Waals surface area contributed by atoms with Crippen LogP contribution in [-0.2, 0) is 9.47 Å². The molecule has 2 heterocycles. The van der Waals surface area contributed by atoms with Gasteiger partial charge in [-0.2, -0.15) is 0 Å². The summed E-state index contributed by atoms with van der Waals surface area (Å²) < 4.78 is 23.6. The molecule has 0 spiro atoms. The largest absolute Gasteiger partial charge is 0.493 e. The molecule has 10 heteroatoms. The normalized spacial score (nSPS) is 39.6. The van der Waals surface area contributed by atoms with Crippen molar-refractivity contribution in [2.45, 2.75) is 82.9 Å². The monoisotopic (exact) mass is 560 g/mol. The second kappa shape index (κ2) is 10.8. The fraction of sp³-hybridized carbons (Fsp3) is 0.633. The van der Waals surface area contributed by atoms with E-state index in [-0.39, 0.29) is 11.8 Å². The molecule has 10 nitrogen and oxygen atoms in total. The molecule has 1 saturated heterocycles. The predicted molar refractivity (Wildman–Crippen MR) is 144 cm³/mol. The van der Waals surface area contributed by atoms with Crippen molar-refractivity contribution in [3.05, 3.63) is 52.9 Å². The van der Waals surface area contributed by atoms with Crippen LogP contribution in [0.2, 0.25) is 0 Å². The molecule has 0 amide bonds. The molecule has 1 unspecified atom stereocenters. The Morgan fingerprint density at radius 3 is 2.50 bits per heavy atom. The Morgan fingerprint density at radius 2 is 1.77 bits per heavy atom. The van der Waals surface area contributed by atoms with Crippen LogP contribution in [0.1, 0.15) is 40.0 Å². The molecule has 3 aliphatic rings. The molecule has 5 rings (SSSR count). The Bertz CT molecular complexity index is 1290.